The van der Waals surface area contributed by atoms with Crippen LogP contribution in [0.2, 0.25) is 0 Å². The summed E-state index contributed by atoms with van der Waals surface area (Å²) in [6.07, 6.45) is 8.91. The molecule has 17 heavy (non-hydrogen) atoms. The van der Waals surface area contributed by atoms with Crippen LogP contribution < -0.4 is 0 Å². The Balaban J connectivity index is 2.37. The Labute approximate surface area is 107 Å². The van der Waals surface area contributed by atoms with Crippen molar-refractivity contribution in [1.82, 2.24) is 0 Å². The maximum absolute atomic E-state index is 6.59. The molecule has 1 heteroatoms. The van der Waals surface area contributed by atoms with E-state index < -0.39 is 0 Å². The molecule has 0 N–H and O–H groups in total. The molecule has 0 spiro atoms. The van der Waals surface area contributed by atoms with Crippen LogP contribution in [-0.4, -0.2) is 11.2 Å². The Morgan fingerprint density at radius 2 is 1.65 bits per heavy atom. The standard InChI is InChI=1S/C16H28O/c1-13-9-8-11-15(5)10-6-7-12-16(13,15)17-14(2,3)4/h1,6-12H2,2-5H3/t15-,16-/m1/s1. The van der Waals surface area contributed by atoms with Gasteiger partial charge in [-0.15, -0.1) is 0 Å². The van der Waals surface area contributed by atoms with Crippen LogP contribution in [0.4, 0.5) is 0 Å². The normalized spacial score (nSPS) is 38.9. The van der Waals surface area contributed by atoms with Gasteiger partial charge in [-0.2, -0.15) is 0 Å². The van der Waals surface area contributed by atoms with E-state index in [1.54, 1.807) is 0 Å². The molecule has 1 nitrogen and oxygen atoms in total. The van der Waals surface area contributed by atoms with Gasteiger partial charge in [0.15, 0.2) is 0 Å². The first-order valence-corrected chi connectivity index (χ1v) is 7.18. The van der Waals surface area contributed by atoms with Crippen molar-refractivity contribution in [2.45, 2.75) is 83.8 Å². The van der Waals surface area contributed by atoms with Crippen molar-refractivity contribution in [2.75, 3.05) is 0 Å². The second kappa shape index (κ2) is 4.12. The van der Waals surface area contributed by atoms with Gasteiger partial charge in [-0.05, 0) is 58.4 Å². The number of ether oxygens (including phenoxy) is 1. The van der Waals surface area contributed by atoms with Gasteiger partial charge < -0.3 is 4.74 Å². The van der Waals surface area contributed by atoms with Crippen molar-refractivity contribution >= 4 is 0 Å². The molecule has 2 aliphatic rings. The van der Waals surface area contributed by atoms with Gasteiger partial charge in [0, 0.05) is 5.41 Å². The summed E-state index contributed by atoms with van der Waals surface area (Å²) < 4.78 is 6.59. The Morgan fingerprint density at radius 3 is 2.29 bits per heavy atom. The van der Waals surface area contributed by atoms with Gasteiger partial charge in [-0.25, -0.2) is 0 Å². The first kappa shape index (κ1) is 13.1. The maximum atomic E-state index is 6.59. The minimum absolute atomic E-state index is 0.0399. The molecule has 2 atom stereocenters. The van der Waals surface area contributed by atoms with E-state index in [2.05, 4.69) is 34.3 Å². The van der Waals surface area contributed by atoms with E-state index >= 15 is 0 Å². The van der Waals surface area contributed by atoms with Gasteiger partial charge in [0.25, 0.3) is 0 Å². The van der Waals surface area contributed by atoms with Crippen LogP contribution in [0.1, 0.15) is 72.6 Å². The average molecular weight is 236 g/mol. The monoisotopic (exact) mass is 236 g/mol. The zero-order chi connectivity index (χ0) is 12.7. The van der Waals surface area contributed by atoms with E-state index in [9.17, 15) is 0 Å². The van der Waals surface area contributed by atoms with Crippen molar-refractivity contribution in [3.05, 3.63) is 12.2 Å². The highest BCUT2D eigenvalue weighted by Crippen LogP contribution is 2.57. The van der Waals surface area contributed by atoms with Crippen molar-refractivity contribution in [3.8, 4) is 0 Å². The predicted molar refractivity (Wildman–Crippen MR) is 73.1 cm³/mol. The molecule has 98 valence electrons. The number of rotatable bonds is 1. The molecule has 2 fully saturated rings. The fraction of sp³-hybridized carbons (Fsp3) is 0.875. The molecule has 0 unspecified atom stereocenters. The van der Waals surface area contributed by atoms with Crippen LogP contribution in [-0.2, 0) is 4.74 Å². The molecule has 0 aliphatic heterocycles. The van der Waals surface area contributed by atoms with E-state index in [4.69, 9.17) is 4.74 Å². The summed E-state index contributed by atoms with van der Waals surface area (Å²) in [5.41, 5.74) is 1.58. The van der Waals surface area contributed by atoms with Crippen molar-refractivity contribution in [1.29, 1.82) is 0 Å². The largest absolute Gasteiger partial charge is 0.364 e. The second-order valence-corrected chi connectivity index (χ2v) is 7.27. The summed E-state index contributed by atoms with van der Waals surface area (Å²) in [6, 6.07) is 0. The number of fused-ring (bicyclic) bond motifs is 1. The number of hydrogen-bond acceptors (Lipinski definition) is 1. The fourth-order valence-corrected chi connectivity index (χ4v) is 3.99. The summed E-state index contributed by atoms with van der Waals surface area (Å²) >= 11 is 0. The minimum atomic E-state index is -0.0706. The van der Waals surface area contributed by atoms with Gasteiger partial charge in [-0.3, -0.25) is 0 Å². The van der Waals surface area contributed by atoms with E-state index in [0.29, 0.717) is 5.41 Å². The van der Waals surface area contributed by atoms with Crippen molar-refractivity contribution < 1.29 is 4.74 Å². The molecule has 2 saturated carbocycles. The smallest absolute Gasteiger partial charge is 0.0949 e. The van der Waals surface area contributed by atoms with Crippen LogP contribution in [0, 0.1) is 5.41 Å². The molecular formula is C16H28O. The molecule has 0 aromatic rings. The lowest BCUT2D eigenvalue weighted by molar-refractivity contribution is -0.197. The SMILES string of the molecule is C=C1CCC[C@@]2(C)CCCC[C@@]12OC(C)(C)C. The average Bonchev–Trinajstić information content (AvgIpc) is 2.18. The molecular weight excluding hydrogens is 208 g/mol. The topological polar surface area (TPSA) is 9.23 Å². The minimum Gasteiger partial charge on any atom is -0.364 e. The van der Waals surface area contributed by atoms with E-state index in [1.807, 2.05) is 0 Å². The summed E-state index contributed by atoms with van der Waals surface area (Å²) in [5, 5.41) is 0. The first-order chi connectivity index (χ1) is 7.79. The molecule has 2 aliphatic carbocycles. The Kier molecular flexibility index (Phi) is 3.18. The van der Waals surface area contributed by atoms with Crippen LogP contribution in [0.5, 0.6) is 0 Å². The lowest BCUT2D eigenvalue weighted by Crippen LogP contribution is -2.57. The number of hydrogen-bond donors (Lipinski definition) is 0. The Hall–Kier alpha value is -0.300. The molecule has 2 rings (SSSR count). The summed E-state index contributed by atoms with van der Waals surface area (Å²) in [6.45, 7) is 13.3. The highest BCUT2D eigenvalue weighted by Gasteiger charge is 2.55. The van der Waals surface area contributed by atoms with Gasteiger partial charge in [0.2, 0.25) is 0 Å². The van der Waals surface area contributed by atoms with E-state index in [1.165, 1.54) is 44.1 Å². The lowest BCUT2D eigenvalue weighted by atomic mass is 9.55. The summed E-state index contributed by atoms with van der Waals surface area (Å²) in [7, 11) is 0. The fourth-order valence-electron chi connectivity index (χ4n) is 3.99. The predicted octanol–water partition coefficient (Wildman–Crippen LogP) is 4.86. The van der Waals surface area contributed by atoms with E-state index in [0.717, 1.165) is 6.42 Å². The van der Waals surface area contributed by atoms with Crippen molar-refractivity contribution in [3.63, 3.8) is 0 Å². The first-order valence-electron chi connectivity index (χ1n) is 7.18. The molecule has 0 radical (unpaired) electrons. The molecule has 0 bridgehead atoms. The van der Waals surface area contributed by atoms with Crippen LogP contribution in [0.15, 0.2) is 12.2 Å². The molecule has 0 heterocycles. The molecule has 0 saturated heterocycles. The van der Waals surface area contributed by atoms with Gasteiger partial charge in [0.05, 0.1) is 11.2 Å². The quantitative estimate of drug-likeness (QED) is 0.591. The van der Waals surface area contributed by atoms with Crippen LogP contribution >= 0.6 is 0 Å². The second-order valence-electron chi connectivity index (χ2n) is 7.27. The highest BCUT2D eigenvalue weighted by molar-refractivity contribution is 5.24. The zero-order valence-electron chi connectivity index (χ0n) is 12.1. The third-order valence-electron chi connectivity index (χ3n) is 4.74. The zero-order valence-corrected chi connectivity index (χ0v) is 12.1. The highest BCUT2D eigenvalue weighted by atomic mass is 16.5. The lowest BCUT2D eigenvalue weighted by Gasteiger charge is -2.57. The van der Waals surface area contributed by atoms with Crippen molar-refractivity contribution in [2.24, 2.45) is 5.41 Å². The molecule has 0 aromatic carbocycles. The Morgan fingerprint density at radius 1 is 1.06 bits per heavy atom. The van der Waals surface area contributed by atoms with E-state index in [-0.39, 0.29) is 11.2 Å². The summed E-state index contributed by atoms with van der Waals surface area (Å²) in [4.78, 5) is 0. The molecule has 0 aromatic heterocycles. The van der Waals surface area contributed by atoms with Gasteiger partial charge >= 0.3 is 0 Å². The summed E-state index contributed by atoms with van der Waals surface area (Å²) in [5.74, 6) is 0. The van der Waals surface area contributed by atoms with Gasteiger partial charge in [0.1, 0.15) is 0 Å². The van der Waals surface area contributed by atoms with Crippen LogP contribution in [0.25, 0.3) is 0 Å². The third-order valence-corrected chi connectivity index (χ3v) is 4.74. The Bertz CT molecular complexity index is 308. The third kappa shape index (κ3) is 2.19. The van der Waals surface area contributed by atoms with Crippen LogP contribution in [0.3, 0.4) is 0 Å². The van der Waals surface area contributed by atoms with Gasteiger partial charge in [-0.1, -0.05) is 26.3 Å². The molecule has 0 amide bonds. The maximum Gasteiger partial charge on any atom is 0.0949 e.